The van der Waals surface area contributed by atoms with Gasteiger partial charge in [0.1, 0.15) is 5.56 Å². The van der Waals surface area contributed by atoms with E-state index in [9.17, 15) is 9.59 Å². The van der Waals surface area contributed by atoms with Crippen molar-refractivity contribution in [3.63, 3.8) is 0 Å². The number of carbonyl (C=O) groups is 1. The first-order valence-corrected chi connectivity index (χ1v) is 8.28. The molecule has 2 heterocycles. The molecule has 0 saturated carbocycles. The summed E-state index contributed by atoms with van der Waals surface area (Å²) in [4.78, 5) is 30.9. The number of H-pyrrole nitrogens is 1. The highest BCUT2D eigenvalue weighted by atomic mass is 16.7. The van der Waals surface area contributed by atoms with E-state index >= 15 is 0 Å². The second kappa shape index (κ2) is 7.38. The number of unbranched alkanes of at least 4 members (excludes halogenated alkanes) is 2. The third kappa shape index (κ3) is 3.65. The molecule has 0 fully saturated rings. The predicted octanol–water partition coefficient (Wildman–Crippen LogP) is 2.82. The minimum absolute atomic E-state index is 0.146. The third-order valence-corrected chi connectivity index (χ3v) is 3.95. The Balaban J connectivity index is 1.95. The summed E-state index contributed by atoms with van der Waals surface area (Å²) in [5, 5.41) is 0. The molecule has 0 aliphatic carbocycles. The molecule has 3 rings (SSSR count). The maximum Gasteiger partial charge on any atom is 0.345 e. The van der Waals surface area contributed by atoms with Crippen LogP contribution < -0.4 is 15.2 Å². The zero-order valence-electron chi connectivity index (χ0n) is 14.3. The topological polar surface area (TPSA) is 90.5 Å². The number of hydrogen-bond donors (Lipinski definition) is 1. The Morgan fingerprint density at radius 3 is 2.88 bits per heavy atom. The van der Waals surface area contributed by atoms with Gasteiger partial charge in [-0.3, -0.25) is 0 Å². The van der Waals surface area contributed by atoms with Gasteiger partial charge < -0.3 is 19.2 Å². The second-order valence-electron chi connectivity index (χ2n) is 5.80. The van der Waals surface area contributed by atoms with Crippen molar-refractivity contribution in [2.45, 2.75) is 33.1 Å². The number of carbonyl (C=O) groups excluding carboxylic acids is 1. The molecule has 0 radical (unpaired) electrons. The Kier molecular flexibility index (Phi) is 5.02. The molecular weight excluding hydrogens is 324 g/mol. The zero-order chi connectivity index (χ0) is 17.8. The van der Waals surface area contributed by atoms with E-state index in [0.717, 1.165) is 19.3 Å². The van der Waals surface area contributed by atoms with Crippen molar-refractivity contribution in [3.05, 3.63) is 39.9 Å². The molecule has 0 amide bonds. The van der Waals surface area contributed by atoms with Gasteiger partial charge in [0.05, 0.1) is 12.3 Å². The third-order valence-electron chi connectivity index (χ3n) is 3.95. The maximum atomic E-state index is 12.5. The van der Waals surface area contributed by atoms with E-state index in [2.05, 4.69) is 16.9 Å². The Morgan fingerprint density at radius 2 is 2.08 bits per heavy atom. The SMILES string of the molecule is CCCCCOC(=O)c1c(-c2ccc3c(c2)OCO3)nc(=O)[nH]c1C. The monoisotopic (exact) mass is 344 g/mol. The average Bonchev–Trinajstić information content (AvgIpc) is 3.05. The molecule has 1 N–H and O–H groups in total. The molecule has 0 atom stereocenters. The van der Waals surface area contributed by atoms with Crippen LogP contribution in [0.25, 0.3) is 11.3 Å². The summed E-state index contributed by atoms with van der Waals surface area (Å²) in [5.41, 5.74) is 1.04. The fraction of sp³-hybridized carbons (Fsp3) is 0.389. The van der Waals surface area contributed by atoms with Gasteiger partial charge in [0.25, 0.3) is 0 Å². The highest BCUT2D eigenvalue weighted by Crippen LogP contribution is 2.36. The smallest absolute Gasteiger partial charge is 0.345 e. The quantitative estimate of drug-likeness (QED) is 0.640. The van der Waals surface area contributed by atoms with Gasteiger partial charge in [-0.2, -0.15) is 4.98 Å². The normalized spacial score (nSPS) is 12.2. The number of nitrogens with zero attached hydrogens (tertiary/aromatic N) is 1. The molecule has 0 saturated heterocycles. The van der Waals surface area contributed by atoms with Crippen LogP contribution in [0.2, 0.25) is 0 Å². The molecule has 1 aromatic heterocycles. The summed E-state index contributed by atoms with van der Waals surface area (Å²) in [5.74, 6) is 0.679. The van der Waals surface area contributed by atoms with Crippen molar-refractivity contribution in [1.82, 2.24) is 9.97 Å². The van der Waals surface area contributed by atoms with Crippen molar-refractivity contribution in [1.29, 1.82) is 0 Å². The Hall–Kier alpha value is -2.83. The molecule has 1 aliphatic rings. The minimum Gasteiger partial charge on any atom is -0.462 e. The van der Waals surface area contributed by atoms with Gasteiger partial charge in [0, 0.05) is 11.3 Å². The van der Waals surface area contributed by atoms with Crippen LogP contribution in [-0.4, -0.2) is 29.3 Å². The highest BCUT2D eigenvalue weighted by Gasteiger charge is 2.22. The molecule has 2 aromatic rings. The van der Waals surface area contributed by atoms with Gasteiger partial charge in [0.15, 0.2) is 11.5 Å². The van der Waals surface area contributed by atoms with Crippen molar-refractivity contribution in [2.24, 2.45) is 0 Å². The van der Waals surface area contributed by atoms with E-state index in [1.165, 1.54) is 0 Å². The zero-order valence-corrected chi connectivity index (χ0v) is 14.3. The lowest BCUT2D eigenvalue weighted by molar-refractivity contribution is 0.0497. The van der Waals surface area contributed by atoms with Crippen LogP contribution in [0.15, 0.2) is 23.0 Å². The average molecular weight is 344 g/mol. The van der Waals surface area contributed by atoms with Crippen LogP contribution in [0, 0.1) is 6.92 Å². The van der Waals surface area contributed by atoms with E-state index in [-0.39, 0.29) is 18.1 Å². The summed E-state index contributed by atoms with van der Waals surface area (Å²) in [6, 6.07) is 5.17. The van der Waals surface area contributed by atoms with Crippen LogP contribution in [0.4, 0.5) is 0 Å². The highest BCUT2D eigenvalue weighted by molar-refractivity contribution is 5.97. The molecule has 1 aromatic carbocycles. The largest absolute Gasteiger partial charge is 0.462 e. The second-order valence-corrected chi connectivity index (χ2v) is 5.80. The number of rotatable bonds is 6. The molecule has 7 heteroatoms. The first-order valence-electron chi connectivity index (χ1n) is 8.28. The maximum absolute atomic E-state index is 12.5. The molecule has 1 aliphatic heterocycles. The van der Waals surface area contributed by atoms with Crippen LogP contribution in [0.3, 0.4) is 0 Å². The molecular formula is C18H20N2O5. The first-order chi connectivity index (χ1) is 12.1. The lowest BCUT2D eigenvalue weighted by Gasteiger charge is -2.11. The van der Waals surface area contributed by atoms with Gasteiger partial charge in [-0.05, 0) is 31.5 Å². The van der Waals surface area contributed by atoms with Gasteiger partial charge in [-0.15, -0.1) is 0 Å². The summed E-state index contributed by atoms with van der Waals surface area (Å²) in [7, 11) is 0. The van der Waals surface area contributed by atoms with Crippen LogP contribution in [-0.2, 0) is 4.74 Å². The van der Waals surface area contributed by atoms with Gasteiger partial charge in [0.2, 0.25) is 6.79 Å². The number of nitrogens with one attached hydrogen (secondary N) is 1. The van der Waals surface area contributed by atoms with Crippen LogP contribution in [0.1, 0.15) is 42.2 Å². The lowest BCUT2D eigenvalue weighted by atomic mass is 10.0. The van der Waals surface area contributed by atoms with Crippen LogP contribution in [0.5, 0.6) is 11.5 Å². The molecule has 7 nitrogen and oxygen atoms in total. The summed E-state index contributed by atoms with van der Waals surface area (Å²) < 4.78 is 16.0. The van der Waals surface area contributed by atoms with Gasteiger partial charge in [-0.1, -0.05) is 19.8 Å². The fourth-order valence-electron chi connectivity index (χ4n) is 2.68. The number of esters is 1. The van der Waals surface area contributed by atoms with E-state index in [0.29, 0.717) is 29.4 Å². The van der Waals surface area contributed by atoms with Crippen molar-refractivity contribution in [2.75, 3.05) is 13.4 Å². The molecule has 0 unspecified atom stereocenters. The van der Waals surface area contributed by atoms with Crippen LogP contribution >= 0.6 is 0 Å². The number of aromatic nitrogens is 2. The fourth-order valence-corrected chi connectivity index (χ4v) is 2.68. The predicted molar refractivity (Wildman–Crippen MR) is 91.0 cm³/mol. The number of fused-ring (bicyclic) bond motifs is 1. The number of hydrogen-bond acceptors (Lipinski definition) is 6. The van der Waals surface area contributed by atoms with Gasteiger partial charge in [-0.25, -0.2) is 9.59 Å². The van der Waals surface area contributed by atoms with Gasteiger partial charge >= 0.3 is 11.7 Å². The number of aromatic amines is 1. The van der Waals surface area contributed by atoms with E-state index in [1.807, 2.05) is 0 Å². The van der Waals surface area contributed by atoms with E-state index in [1.54, 1.807) is 25.1 Å². The van der Waals surface area contributed by atoms with E-state index < -0.39 is 11.7 Å². The Morgan fingerprint density at radius 1 is 1.28 bits per heavy atom. The van der Waals surface area contributed by atoms with Crippen molar-refractivity contribution < 1.29 is 19.0 Å². The molecule has 0 spiro atoms. The standard InChI is InChI=1S/C18H20N2O5/c1-3-4-5-8-23-17(21)15-11(2)19-18(22)20-16(15)12-6-7-13-14(9-12)25-10-24-13/h6-7,9H,3-5,8,10H2,1-2H3,(H,19,20,22). The molecule has 0 bridgehead atoms. The molecule has 25 heavy (non-hydrogen) atoms. The number of benzene rings is 1. The van der Waals surface area contributed by atoms with Crippen molar-refractivity contribution >= 4 is 5.97 Å². The minimum atomic E-state index is -0.521. The lowest BCUT2D eigenvalue weighted by Crippen LogP contribution is -2.20. The number of ether oxygens (including phenoxy) is 3. The summed E-state index contributed by atoms with van der Waals surface area (Å²) in [6.45, 7) is 4.22. The van der Waals surface area contributed by atoms with Crippen molar-refractivity contribution in [3.8, 4) is 22.8 Å². The summed E-state index contributed by atoms with van der Waals surface area (Å²) in [6.07, 6.45) is 2.84. The Bertz CT molecular complexity index is 844. The summed E-state index contributed by atoms with van der Waals surface area (Å²) >= 11 is 0. The first kappa shape index (κ1) is 17.0. The number of aryl methyl sites for hydroxylation is 1. The van der Waals surface area contributed by atoms with E-state index in [4.69, 9.17) is 14.2 Å². The Labute approximate surface area is 145 Å². The molecule has 132 valence electrons.